The first-order chi connectivity index (χ1) is 16.0. The van der Waals surface area contributed by atoms with Gasteiger partial charge >= 0.3 is 0 Å². The van der Waals surface area contributed by atoms with Crippen LogP contribution in [0.3, 0.4) is 0 Å². The van der Waals surface area contributed by atoms with E-state index in [0.29, 0.717) is 30.1 Å². The molecule has 2 aromatic rings. The summed E-state index contributed by atoms with van der Waals surface area (Å²) in [5.41, 5.74) is 2.44. The number of amides is 1. The smallest absolute Gasteiger partial charge is 0.254 e. The molecule has 178 valence electrons. The maximum Gasteiger partial charge on any atom is 0.254 e. The van der Waals surface area contributed by atoms with Crippen LogP contribution in [0.15, 0.2) is 34.5 Å². The fourth-order valence-corrected chi connectivity index (χ4v) is 8.16. The Morgan fingerprint density at radius 1 is 0.939 bits per heavy atom. The van der Waals surface area contributed by atoms with Crippen LogP contribution in [0.5, 0.6) is 0 Å². The van der Waals surface area contributed by atoms with Crippen molar-refractivity contribution in [3.05, 3.63) is 45.6 Å². The lowest BCUT2D eigenvalue weighted by Crippen LogP contribution is -2.39. The number of hydrogen-bond donors (Lipinski definition) is 0. The van der Waals surface area contributed by atoms with Gasteiger partial charge in [-0.3, -0.25) is 4.79 Å². The van der Waals surface area contributed by atoms with Gasteiger partial charge in [0.25, 0.3) is 5.91 Å². The van der Waals surface area contributed by atoms with Crippen molar-refractivity contribution in [2.75, 3.05) is 37.6 Å². The topological polar surface area (TPSA) is 60.9 Å². The fraction of sp³-hybridized carbons (Fsp3) is 0.560. The molecule has 1 amide bonds. The van der Waals surface area contributed by atoms with Crippen LogP contribution in [-0.4, -0.2) is 56.3 Å². The zero-order valence-electron chi connectivity index (χ0n) is 19.3. The van der Waals surface area contributed by atoms with Crippen LogP contribution in [0.4, 0.5) is 5.69 Å². The van der Waals surface area contributed by atoms with Gasteiger partial charge in [-0.1, -0.05) is 6.42 Å². The molecule has 3 aliphatic rings. The summed E-state index contributed by atoms with van der Waals surface area (Å²) >= 11 is 1.75. The molecule has 3 aliphatic heterocycles. The lowest BCUT2D eigenvalue weighted by atomic mass is 10.00. The maximum atomic E-state index is 13.8. The highest BCUT2D eigenvalue weighted by Crippen LogP contribution is 2.36. The Morgan fingerprint density at radius 3 is 2.36 bits per heavy atom. The number of carbonyl (C=O) groups excluding carboxylic acids is 1. The van der Waals surface area contributed by atoms with Gasteiger partial charge < -0.3 is 9.80 Å². The number of thiophene rings is 1. The standard InChI is InChI=1S/C25H33N3O3S2/c1-19-21-11-17-32-23(21)10-16-28(19)25(29)20-8-9-22(26-12-4-2-5-13-26)24(18-20)33(30,31)27-14-6-3-7-15-27/h8-9,11,17-19H,2-7,10,12-16H2,1H3. The number of fused-ring (bicyclic) bond motifs is 1. The van der Waals surface area contributed by atoms with E-state index in [0.717, 1.165) is 57.3 Å². The number of sulfonamides is 1. The third kappa shape index (κ3) is 4.33. The van der Waals surface area contributed by atoms with Crippen LogP contribution in [0, 0.1) is 0 Å². The van der Waals surface area contributed by atoms with Crippen LogP contribution in [-0.2, 0) is 16.4 Å². The molecule has 1 atom stereocenters. The van der Waals surface area contributed by atoms with Crippen molar-refractivity contribution in [1.82, 2.24) is 9.21 Å². The van der Waals surface area contributed by atoms with Gasteiger partial charge in [0.2, 0.25) is 10.0 Å². The molecule has 0 N–H and O–H groups in total. The second-order valence-corrected chi connectivity index (χ2v) is 12.3. The van der Waals surface area contributed by atoms with E-state index in [2.05, 4.69) is 23.3 Å². The highest BCUT2D eigenvalue weighted by Gasteiger charge is 2.33. The molecule has 8 heteroatoms. The minimum Gasteiger partial charge on any atom is -0.370 e. The summed E-state index contributed by atoms with van der Waals surface area (Å²) in [6, 6.07) is 7.47. The van der Waals surface area contributed by atoms with Crippen molar-refractivity contribution in [1.29, 1.82) is 0 Å². The predicted molar refractivity (Wildman–Crippen MR) is 133 cm³/mol. The predicted octanol–water partition coefficient (Wildman–Crippen LogP) is 4.67. The average Bonchev–Trinajstić information content (AvgIpc) is 3.34. The summed E-state index contributed by atoms with van der Waals surface area (Å²) in [5.74, 6) is -0.0837. The highest BCUT2D eigenvalue weighted by atomic mass is 32.2. The van der Waals surface area contributed by atoms with Crippen molar-refractivity contribution >= 4 is 33.0 Å². The molecule has 6 nitrogen and oxygen atoms in total. The summed E-state index contributed by atoms with van der Waals surface area (Å²) in [7, 11) is -3.66. The fourth-order valence-electron chi connectivity index (χ4n) is 5.45. The van der Waals surface area contributed by atoms with Crippen LogP contribution < -0.4 is 4.90 Å². The number of hydrogen-bond acceptors (Lipinski definition) is 5. The molecule has 1 unspecified atom stereocenters. The zero-order valence-corrected chi connectivity index (χ0v) is 21.0. The van der Waals surface area contributed by atoms with E-state index in [4.69, 9.17) is 0 Å². The average molecular weight is 488 g/mol. The maximum absolute atomic E-state index is 13.8. The zero-order chi connectivity index (χ0) is 23.0. The van der Waals surface area contributed by atoms with E-state index in [1.807, 2.05) is 17.0 Å². The first-order valence-electron chi connectivity index (χ1n) is 12.2. The van der Waals surface area contributed by atoms with Gasteiger partial charge in [0, 0.05) is 43.2 Å². The molecule has 2 saturated heterocycles. The molecular formula is C25H33N3O3S2. The van der Waals surface area contributed by atoms with Gasteiger partial charge in [-0.15, -0.1) is 11.3 Å². The third-order valence-electron chi connectivity index (χ3n) is 7.37. The molecule has 1 aromatic carbocycles. The van der Waals surface area contributed by atoms with Crippen molar-refractivity contribution in [2.24, 2.45) is 0 Å². The van der Waals surface area contributed by atoms with Gasteiger partial charge in [-0.05, 0) is 80.7 Å². The summed E-state index contributed by atoms with van der Waals surface area (Å²) < 4.78 is 29.2. The number of rotatable bonds is 4. The minimum atomic E-state index is -3.66. The lowest BCUT2D eigenvalue weighted by molar-refractivity contribution is 0.0679. The Balaban J connectivity index is 1.51. The molecule has 0 spiro atoms. The quantitative estimate of drug-likeness (QED) is 0.629. The van der Waals surface area contributed by atoms with Crippen LogP contribution in [0.25, 0.3) is 0 Å². The second kappa shape index (κ2) is 9.39. The van der Waals surface area contributed by atoms with Crippen molar-refractivity contribution in [3.63, 3.8) is 0 Å². The summed E-state index contributed by atoms with van der Waals surface area (Å²) in [6.07, 6.45) is 7.03. The molecule has 33 heavy (non-hydrogen) atoms. The minimum absolute atomic E-state index is 0.00331. The number of benzene rings is 1. The number of piperidine rings is 2. The van der Waals surface area contributed by atoms with Gasteiger partial charge in [-0.25, -0.2) is 8.42 Å². The van der Waals surface area contributed by atoms with E-state index in [-0.39, 0.29) is 11.9 Å². The van der Waals surface area contributed by atoms with Crippen LogP contribution >= 0.6 is 11.3 Å². The first-order valence-corrected chi connectivity index (χ1v) is 14.5. The van der Waals surface area contributed by atoms with Crippen molar-refractivity contribution < 1.29 is 13.2 Å². The number of carbonyl (C=O) groups is 1. The van der Waals surface area contributed by atoms with Crippen LogP contribution in [0.1, 0.15) is 72.3 Å². The lowest BCUT2D eigenvalue weighted by Gasteiger charge is -2.35. The molecule has 5 rings (SSSR count). The molecule has 0 radical (unpaired) electrons. The van der Waals surface area contributed by atoms with Gasteiger partial charge in [-0.2, -0.15) is 4.31 Å². The Labute approximate surface area is 201 Å². The molecular weight excluding hydrogens is 454 g/mol. The van der Waals surface area contributed by atoms with Crippen molar-refractivity contribution in [2.45, 2.75) is 62.8 Å². The highest BCUT2D eigenvalue weighted by molar-refractivity contribution is 7.89. The van der Waals surface area contributed by atoms with E-state index in [9.17, 15) is 13.2 Å². The Kier molecular flexibility index (Phi) is 6.51. The van der Waals surface area contributed by atoms with Gasteiger partial charge in [0.15, 0.2) is 0 Å². The van der Waals surface area contributed by atoms with Gasteiger partial charge in [0.05, 0.1) is 11.7 Å². The molecule has 0 aliphatic carbocycles. The summed E-state index contributed by atoms with van der Waals surface area (Å²) in [5, 5.41) is 2.09. The first kappa shape index (κ1) is 22.9. The van der Waals surface area contributed by atoms with E-state index in [1.165, 1.54) is 16.9 Å². The van der Waals surface area contributed by atoms with E-state index >= 15 is 0 Å². The van der Waals surface area contributed by atoms with Crippen molar-refractivity contribution in [3.8, 4) is 0 Å². The third-order valence-corrected chi connectivity index (χ3v) is 10.3. The number of anilines is 1. The Bertz CT molecular complexity index is 1120. The molecule has 0 saturated carbocycles. The van der Waals surface area contributed by atoms with E-state index < -0.39 is 10.0 Å². The summed E-state index contributed by atoms with van der Waals surface area (Å²) in [4.78, 5) is 19.3. The summed E-state index contributed by atoms with van der Waals surface area (Å²) in [6.45, 7) is 5.57. The van der Waals surface area contributed by atoms with Gasteiger partial charge in [0.1, 0.15) is 4.90 Å². The largest absolute Gasteiger partial charge is 0.370 e. The molecule has 0 bridgehead atoms. The monoisotopic (exact) mass is 487 g/mol. The normalized spacial score (nSPS) is 22.3. The molecule has 4 heterocycles. The molecule has 2 fully saturated rings. The van der Waals surface area contributed by atoms with E-state index in [1.54, 1.807) is 21.7 Å². The molecule has 1 aromatic heterocycles. The Hall–Kier alpha value is -1.90. The number of nitrogens with zero attached hydrogens (tertiary/aromatic N) is 3. The second-order valence-electron chi connectivity index (χ2n) is 9.42. The van der Waals surface area contributed by atoms with Crippen LogP contribution in [0.2, 0.25) is 0 Å². The Morgan fingerprint density at radius 2 is 1.64 bits per heavy atom. The SMILES string of the molecule is CC1c2ccsc2CCN1C(=O)c1ccc(N2CCCCC2)c(S(=O)(=O)N2CCCCC2)c1.